The first-order valence-corrected chi connectivity index (χ1v) is 6.10. The molecule has 0 fully saturated rings. The third-order valence-corrected chi connectivity index (χ3v) is 3.38. The van der Waals surface area contributed by atoms with Crippen molar-refractivity contribution in [2.75, 3.05) is 0 Å². The fourth-order valence-corrected chi connectivity index (χ4v) is 2.05. The van der Waals surface area contributed by atoms with Crippen LogP contribution in [0.5, 0.6) is 0 Å². The van der Waals surface area contributed by atoms with Gasteiger partial charge in [-0.05, 0) is 17.4 Å². The zero-order valence-corrected chi connectivity index (χ0v) is 10.7. The van der Waals surface area contributed by atoms with E-state index in [9.17, 15) is 10.1 Å². The predicted molar refractivity (Wildman–Crippen MR) is 68.1 cm³/mol. The molecule has 0 aromatic carbocycles. The summed E-state index contributed by atoms with van der Waals surface area (Å²) in [5.41, 5.74) is 0. The Hall–Kier alpha value is -2.09. The minimum absolute atomic E-state index is 0.0406. The molecule has 0 aliphatic heterocycles. The van der Waals surface area contributed by atoms with Gasteiger partial charge in [0.05, 0.1) is 7.05 Å². The Morgan fingerprint density at radius 3 is 2.83 bits per heavy atom. The maximum atomic E-state index is 10.7. The van der Waals surface area contributed by atoms with Crippen molar-refractivity contribution < 1.29 is 4.92 Å². The lowest BCUT2D eigenvalue weighted by molar-refractivity contribution is -0.391. The van der Waals surface area contributed by atoms with Crippen LogP contribution in [0.4, 0.5) is 5.82 Å². The fraction of sp³-hybridized carbons (Fsp3) is 0.300. The molecule has 0 radical (unpaired) electrons. The molecule has 0 atom stereocenters. The van der Waals surface area contributed by atoms with Crippen LogP contribution in [0.15, 0.2) is 6.20 Å². The van der Waals surface area contributed by atoms with Gasteiger partial charge in [-0.15, -0.1) is 10.2 Å². The second kappa shape index (κ2) is 5.05. The Morgan fingerprint density at radius 1 is 1.50 bits per heavy atom. The van der Waals surface area contributed by atoms with E-state index in [0.717, 1.165) is 16.4 Å². The predicted octanol–water partition coefficient (Wildman–Crippen LogP) is 1.91. The van der Waals surface area contributed by atoms with Gasteiger partial charge in [0, 0.05) is 6.08 Å². The minimum Gasteiger partial charge on any atom is -0.358 e. The number of aryl methyl sites for hydroxylation is 1. The van der Waals surface area contributed by atoms with E-state index in [0.29, 0.717) is 5.82 Å². The molecular weight excluding hydrogens is 254 g/mol. The van der Waals surface area contributed by atoms with Crippen LogP contribution < -0.4 is 0 Å². The zero-order valence-electron chi connectivity index (χ0n) is 9.90. The maximum absolute atomic E-state index is 10.7. The van der Waals surface area contributed by atoms with Crippen LogP contribution >= 0.6 is 11.3 Å². The molecule has 7 nitrogen and oxygen atoms in total. The van der Waals surface area contributed by atoms with Gasteiger partial charge in [0.1, 0.15) is 16.2 Å². The molecule has 2 heterocycles. The van der Waals surface area contributed by atoms with Crippen LogP contribution in [0, 0.1) is 10.1 Å². The Kier molecular flexibility index (Phi) is 3.47. The van der Waals surface area contributed by atoms with E-state index in [2.05, 4.69) is 15.2 Å². The standard InChI is InChI=1S/C10H11N5O2S/c1-3-8-12-13-9(18-8)5-4-7-11-6-10(14(7)2)15(16)17/h4-6H,3H2,1-2H3. The molecule has 0 saturated carbocycles. The summed E-state index contributed by atoms with van der Waals surface area (Å²) >= 11 is 1.49. The van der Waals surface area contributed by atoms with Crippen LogP contribution in [0.2, 0.25) is 0 Å². The van der Waals surface area contributed by atoms with Gasteiger partial charge in [-0.2, -0.15) is 0 Å². The molecule has 0 N–H and O–H groups in total. The number of nitro groups is 1. The van der Waals surface area contributed by atoms with Gasteiger partial charge >= 0.3 is 5.82 Å². The van der Waals surface area contributed by atoms with Gasteiger partial charge in [0.15, 0.2) is 0 Å². The minimum atomic E-state index is -0.468. The summed E-state index contributed by atoms with van der Waals surface area (Å²) in [4.78, 5) is 14.2. The molecule has 0 saturated heterocycles. The second-order valence-corrected chi connectivity index (χ2v) is 4.61. The molecule has 0 spiro atoms. The van der Waals surface area contributed by atoms with E-state index < -0.39 is 4.92 Å². The summed E-state index contributed by atoms with van der Waals surface area (Å²) < 4.78 is 1.41. The highest BCUT2D eigenvalue weighted by atomic mass is 32.1. The van der Waals surface area contributed by atoms with E-state index in [-0.39, 0.29) is 5.82 Å². The molecule has 8 heteroatoms. The molecular formula is C10H11N5O2S. The lowest BCUT2D eigenvalue weighted by Gasteiger charge is -1.93. The molecule has 0 unspecified atom stereocenters. The molecule has 0 aliphatic carbocycles. The number of hydrogen-bond acceptors (Lipinski definition) is 6. The van der Waals surface area contributed by atoms with Crippen molar-refractivity contribution in [3.63, 3.8) is 0 Å². The van der Waals surface area contributed by atoms with Gasteiger partial charge in [0.25, 0.3) is 0 Å². The average molecular weight is 265 g/mol. The number of aromatic nitrogens is 4. The SMILES string of the molecule is CCc1nnc(C=Cc2ncc([N+](=O)[O-])n2C)s1. The van der Waals surface area contributed by atoms with E-state index >= 15 is 0 Å². The smallest absolute Gasteiger partial charge is 0.342 e. The molecule has 18 heavy (non-hydrogen) atoms. The van der Waals surface area contributed by atoms with Crippen LogP contribution in [0.25, 0.3) is 12.2 Å². The quantitative estimate of drug-likeness (QED) is 0.622. The normalized spacial score (nSPS) is 11.2. The van der Waals surface area contributed by atoms with Crippen molar-refractivity contribution in [3.8, 4) is 0 Å². The molecule has 2 aromatic heterocycles. The van der Waals surface area contributed by atoms with Crippen molar-refractivity contribution in [1.82, 2.24) is 19.7 Å². The van der Waals surface area contributed by atoms with Crippen LogP contribution in [0.3, 0.4) is 0 Å². The third-order valence-electron chi connectivity index (χ3n) is 2.35. The van der Waals surface area contributed by atoms with Crippen molar-refractivity contribution in [2.24, 2.45) is 7.05 Å². The van der Waals surface area contributed by atoms with Crippen molar-refractivity contribution in [2.45, 2.75) is 13.3 Å². The largest absolute Gasteiger partial charge is 0.358 e. The topological polar surface area (TPSA) is 86.7 Å². The first-order valence-electron chi connectivity index (χ1n) is 5.28. The molecule has 2 aromatic rings. The van der Waals surface area contributed by atoms with E-state index in [4.69, 9.17) is 0 Å². The monoisotopic (exact) mass is 265 g/mol. The van der Waals surface area contributed by atoms with Gasteiger partial charge in [-0.3, -0.25) is 0 Å². The summed E-state index contributed by atoms with van der Waals surface area (Å²) in [5.74, 6) is 0.469. The third kappa shape index (κ3) is 2.43. The van der Waals surface area contributed by atoms with E-state index in [1.165, 1.54) is 22.1 Å². The van der Waals surface area contributed by atoms with Gasteiger partial charge < -0.3 is 10.1 Å². The van der Waals surface area contributed by atoms with E-state index in [1.807, 2.05) is 6.92 Å². The summed E-state index contributed by atoms with van der Waals surface area (Å²) in [6, 6.07) is 0. The lowest BCUT2D eigenvalue weighted by atomic mass is 10.5. The Balaban J connectivity index is 2.21. The summed E-state index contributed by atoms with van der Waals surface area (Å²) in [6.07, 6.45) is 5.52. The Morgan fingerprint density at radius 2 is 2.28 bits per heavy atom. The van der Waals surface area contributed by atoms with Crippen molar-refractivity contribution in [3.05, 3.63) is 32.2 Å². The molecule has 0 amide bonds. The van der Waals surface area contributed by atoms with E-state index in [1.54, 1.807) is 19.2 Å². The Labute approximate surface area is 107 Å². The highest BCUT2D eigenvalue weighted by Gasteiger charge is 2.14. The number of hydrogen-bond donors (Lipinski definition) is 0. The zero-order chi connectivity index (χ0) is 13.1. The van der Waals surface area contributed by atoms with Crippen LogP contribution in [-0.4, -0.2) is 24.7 Å². The second-order valence-electron chi connectivity index (χ2n) is 3.51. The summed E-state index contributed by atoms with van der Waals surface area (Å²) in [5, 5.41) is 20.3. The Bertz CT molecular complexity index is 601. The molecule has 2 rings (SSSR count). The molecule has 0 aliphatic rings. The molecule has 0 bridgehead atoms. The van der Waals surface area contributed by atoms with Gasteiger partial charge in [-0.25, -0.2) is 9.55 Å². The maximum Gasteiger partial charge on any atom is 0.342 e. The highest BCUT2D eigenvalue weighted by molar-refractivity contribution is 7.12. The molecule has 94 valence electrons. The first kappa shape index (κ1) is 12.4. The van der Waals surface area contributed by atoms with Gasteiger partial charge in [-0.1, -0.05) is 18.3 Å². The van der Waals surface area contributed by atoms with Crippen molar-refractivity contribution >= 4 is 29.3 Å². The fourth-order valence-electron chi connectivity index (χ4n) is 1.36. The summed E-state index contributed by atoms with van der Waals surface area (Å²) in [6.45, 7) is 2.01. The number of rotatable bonds is 4. The highest BCUT2D eigenvalue weighted by Crippen LogP contribution is 2.16. The lowest BCUT2D eigenvalue weighted by Crippen LogP contribution is -1.98. The summed E-state index contributed by atoms with van der Waals surface area (Å²) in [7, 11) is 1.60. The van der Waals surface area contributed by atoms with Crippen LogP contribution in [-0.2, 0) is 13.5 Å². The number of nitrogens with zero attached hydrogens (tertiary/aromatic N) is 5. The first-order chi connectivity index (χ1) is 8.61. The number of imidazole rings is 1. The van der Waals surface area contributed by atoms with Crippen LogP contribution in [0.1, 0.15) is 22.8 Å². The average Bonchev–Trinajstić information content (AvgIpc) is 2.93. The van der Waals surface area contributed by atoms with Crippen molar-refractivity contribution in [1.29, 1.82) is 0 Å². The van der Waals surface area contributed by atoms with Gasteiger partial charge in [0.2, 0.25) is 5.82 Å².